The molecule has 0 fully saturated rings. The van der Waals surface area contributed by atoms with Crippen LogP contribution < -0.4 is 5.32 Å². The molecular formula is C18H15F2N3O2. The number of amides is 1. The van der Waals surface area contributed by atoms with Crippen LogP contribution in [0.1, 0.15) is 17.9 Å². The first-order valence-corrected chi connectivity index (χ1v) is 7.70. The van der Waals surface area contributed by atoms with Crippen LogP contribution in [-0.4, -0.2) is 16.1 Å². The van der Waals surface area contributed by atoms with Crippen molar-refractivity contribution in [3.8, 4) is 11.5 Å². The summed E-state index contributed by atoms with van der Waals surface area (Å²) >= 11 is 0. The van der Waals surface area contributed by atoms with Crippen molar-refractivity contribution in [3.05, 3.63) is 71.6 Å². The first-order chi connectivity index (χ1) is 12.1. The topological polar surface area (TPSA) is 68.0 Å². The largest absolute Gasteiger partial charge is 0.421 e. The Morgan fingerprint density at radius 2 is 1.80 bits per heavy atom. The van der Waals surface area contributed by atoms with Crippen molar-refractivity contribution in [2.75, 3.05) is 0 Å². The van der Waals surface area contributed by atoms with E-state index in [4.69, 9.17) is 4.42 Å². The smallest absolute Gasteiger partial charge is 0.250 e. The molecule has 2 aromatic carbocycles. The van der Waals surface area contributed by atoms with Gasteiger partial charge in [0, 0.05) is 19.4 Å². The van der Waals surface area contributed by atoms with Crippen LogP contribution in [0.5, 0.6) is 0 Å². The lowest BCUT2D eigenvalue weighted by molar-refractivity contribution is -0.121. The normalized spacial score (nSPS) is 10.6. The van der Waals surface area contributed by atoms with E-state index < -0.39 is 5.82 Å². The van der Waals surface area contributed by atoms with E-state index in [1.54, 1.807) is 30.3 Å². The van der Waals surface area contributed by atoms with Crippen molar-refractivity contribution < 1.29 is 18.0 Å². The summed E-state index contributed by atoms with van der Waals surface area (Å²) in [6.07, 6.45) is 0.400. The zero-order chi connectivity index (χ0) is 17.6. The van der Waals surface area contributed by atoms with Crippen LogP contribution in [0.3, 0.4) is 0 Å². The molecule has 0 aliphatic carbocycles. The highest BCUT2D eigenvalue weighted by Crippen LogP contribution is 2.21. The summed E-state index contributed by atoms with van der Waals surface area (Å²) in [6, 6.07) is 12.0. The van der Waals surface area contributed by atoms with Gasteiger partial charge in [0.05, 0.1) is 5.56 Å². The van der Waals surface area contributed by atoms with Gasteiger partial charge in [0.25, 0.3) is 5.89 Å². The molecule has 1 N–H and O–H groups in total. The maximum absolute atomic E-state index is 13.7. The summed E-state index contributed by atoms with van der Waals surface area (Å²) < 4.78 is 31.9. The molecule has 3 aromatic rings. The number of benzene rings is 2. The first-order valence-electron chi connectivity index (χ1n) is 7.70. The summed E-state index contributed by atoms with van der Waals surface area (Å²) in [5, 5.41) is 10.4. The Bertz CT molecular complexity index is 863. The molecule has 25 heavy (non-hydrogen) atoms. The second-order valence-corrected chi connectivity index (χ2v) is 5.38. The molecule has 3 rings (SSSR count). The average molecular weight is 343 g/mol. The number of rotatable bonds is 6. The molecule has 5 nitrogen and oxygen atoms in total. The van der Waals surface area contributed by atoms with Crippen LogP contribution in [0.4, 0.5) is 8.78 Å². The Labute approximate surface area is 142 Å². The van der Waals surface area contributed by atoms with Gasteiger partial charge < -0.3 is 9.73 Å². The predicted molar refractivity (Wildman–Crippen MR) is 86.3 cm³/mol. The lowest BCUT2D eigenvalue weighted by Crippen LogP contribution is -2.23. The van der Waals surface area contributed by atoms with Crippen molar-refractivity contribution in [2.24, 2.45) is 0 Å². The number of halogens is 2. The molecule has 0 aliphatic rings. The lowest BCUT2D eigenvalue weighted by Gasteiger charge is -2.04. The zero-order valence-corrected chi connectivity index (χ0v) is 13.2. The van der Waals surface area contributed by atoms with E-state index in [1.165, 1.54) is 18.2 Å². The molecule has 0 spiro atoms. The SMILES string of the molecule is O=C(CCc1nnc(-c2ccccc2F)o1)NCc1ccc(F)cc1. The second kappa shape index (κ2) is 7.65. The molecule has 1 heterocycles. The third kappa shape index (κ3) is 4.47. The van der Waals surface area contributed by atoms with E-state index in [1.807, 2.05) is 0 Å². The predicted octanol–water partition coefficient (Wildman–Crippen LogP) is 3.26. The average Bonchev–Trinajstić information content (AvgIpc) is 3.08. The summed E-state index contributed by atoms with van der Waals surface area (Å²) in [6.45, 7) is 0.309. The monoisotopic (exact) mass is 343 g/mol. The van der Waals surface area contributed by atoms with Gasteiger partial charge in [-0.15, -0.1) is 10.2 Å². The van der Waals surface area contributed by atoms with Crippen LogP contribution in [-0.2, 0) is 17.8 Å². The number of carbonyl (C=O) groups is 1. The summed E-state index contributed by atoms with van der Waals surface area (Å²) in [5.74, 6) is -0.628. The number of aryl methyl sites for hydroxylation is 1. The standard InChI is InChI=1S/C18H15F2N3O2/c19-13-7-5-12(6-8-13)11-21-16(24)9-10-17-22-23-18(25-17)14-3-1-2-4-15(14)20/h1-8H,9-11H2,(H,21,24). The maximum atomic E-state index is 13.7. The maximum Gasteiger partial charge on any atom is 0.250 e. The van der Waals surface area contributed by atoms with E-state index in [9.17, 15) is 13.6 Å². The van der Waals surface area contributed by atoms with Gasteiger partial charge in [-0.3, -0.25) is 4.79 Å². The van der Waals surface area contributed by atoms with Crippen molar-refractivity contribution >= 4 is 5.91 Å². The van der Waals surface area contributed by atoms with Crippen molar-refractivity contribution in [3.63, 3.8) is 0 Å². The number of aromatic nitrogens is 2. The van der Waals surface area contributed by atoms with Crippen LogP contribution in [0.15, 0.2) is 52.9 Å². The number of carbonyl (C=O) groups excluding carboxylic acids is 1. The molecule has 0 atom stereocenters. The third-order valence-corrected chi connectivity index (χ3v) is 3.54. The Balaban J connectivity index is 1.51. The van der Waals surface area contributed by atoms with Crippen LogP contribution in [0.25, 0.3) is 11.5 Å². The Morgan fingerprint density at radius 1 is 1.04 bits per heavy atom. The fraction of sp³-hybridized carbons (Fsp3) is 0.167. The number of hydrogen-bond acceptors (Lipinski definition) is 4. The van der Waals surface area contributed by atoms with Crippen molar-refractivity contribution in [2.45, 2.75) is 19.4 Å². The van der Waals surface area contributed by atoms with Gasteiger partial charge >= 0.3 is 0 Å². The highest BCUT2D eigenvalue weighted by molar-refractivity contribution is 5.76. The van der Waals surface area contributed by atoms with Gasteiger partial charge in [-0.25, -0.2) is 8.78 Å². The summed E-state index contributed by atoms with van der Waals surface area (Å²) in [7, 11) is 0. The minimum Gasteiger partial charge on any atom is -0.421 e. The van der Waals surface area contributed by atoms with E-state index in [0.29, 0.717) is 6.54 Å². The quantitative estimate of drug-likeness (QED) is 0.746. The van der Waals surface area contributed by atoms with Gasteiger partial charge in [0.1, 0.15) is 11.6 Å². The fourth-order valence-electron chi connectivity index (χ4n) is 2.21. The minimum atomic E-state index is -0.449. The molecule has 1 amide bonds. The van der Waals surface area contributed by atoms with E-state index in [-0.39, 0.29) is 41.9 Å². The zero-order valence-electron chi connectivity index (χ0n) is 13.2. The Morgan fingerprint density at radius 3 is 2.56 bits per heavy atom. The van der Waals surface area contributed by atoms with Crippen molar-refractivity contribution in [1.82, 2.24) is 15.5 Å². The molecule has 0 radical (unpaired) electrons. The highest BCUT2D eigenvalue weighted by atomic mass is 19.1. The summed E-state index contributed by atoms with van der Waals surface area (Å²) in [5.41, 5.74) is 1.02. The lowest BCUT2D eigenvalue weighted by atomic mass is 10.2. The number of nitrogens with one attached hydrogen (secondary N) is 1. The highest BCUT2D eigenvalue weighted by Gasteiger charge is 2.13. The number of nitrogens with zero attached hydrogens (tertiary/aromatic N) is 2. The van der Waals surface area contributed by atoms with E-state index in [2.05, 4.69) is 15.5 Å². The van der Waals surface area contributed by atoms with Gasteiger partial charge in [-0.05, 0) is 29.8 Å². The molecule has 128 valence electrons. The fourth-order valence-corrected chi connectivity index (χ4v) is 2.21. The van der Waals surface area contributed by atoms with Gasteiger partial charge in [0.15, 0.2) is 0 Å². The number of hydrogen-bond donors (Lipinski definition) is 1. The molecule has 7 heteroatoms. The van der Waals surface area contributed by atoms with Crippen LogP contribution in [0, 0.1) is 11.6 Å². The van der Waals surface area contributed by atoms with E-state index >= 15 is 0 Å². The van der Waals surface area contributed by atoms with Gasteiger partial charge in [-0.2, -0.15) is 0 Å². The molecule has 1 aromatic heterocycles. The molecule has 0 saturated heterocycles. The van der Waals surface area contributed by atoms with Crippen molar-refractivity contribution in [1.29, 1.82) is 0 Å². The molecule has 0 unspecified atom stereocenters. The molecule has 0 bridgehead atoms. The second-order valence-electron chi connectivity index (χ2n) is 5.38. The van der Waals surface area contributed by atoms with E-state index in [0.717, 1.165) is 5.56 Å². The van der Waals surface area contributed by atoms with Gasteiger partial charge in [-0.1, -0.05) is 24.3 Å². The van der Waals surface area contributed by atoms with Crippen LogP contribution >= 0.6 is 0 Å². The Hall–Kier alpha value is -3.09. The van der Waals surface area contributed by atoms with Crippen LogP contribution in [0.2, 0.25) is 0 Å². The first kappa shape index (κ1) is 16.8. The molecule has 0 saturated carbocycles. The Kier molecular flexibility index (Phi) is 5.13. The summed E-state index contributed by atoms with van der Waals surface area (Å²) in [4.78, 5) is 11.9. The minimum absolute atomic E-state index is 0.0832. The molecular weight excluding hydrogens is 328 g/mol. The third-order valence-electron chi connectivity index (χ3n) is 3.54. The molecule has 0 aliphatic heterocycles. The van der Waals surface area contributed by atoms with Gasteiger partial charge in [0.2, 0.25) is 11.8 Å².